The Hall–Kier alpha value is -3.34. The minimum absolute atomic E-state index is 0.107. The monoisotopic (exact) mass is 404 g/mol. The zero-order valence-electron chi connectivity index (χ0n) is 16.9. The summed E-state index contributed by atoms with van der Waals surface area (Å²) in [6, 6.07) is 21.7. The Kier molecular flexibility index (Phi) is 5.98. The Morgan fingerprint density at radius 1 is 1.07 bits per heavy atom. The van der Waals surface area contributed by atoms with Crippen LogP contribution in [0.3, 0.4) is 0 Å². The predicted molar refractivity (Wildman–Crippen MR) is 116 cm³/mol. The van der Waals surface area contributed by atoms with Gasteiger partial charge in [0, 0.05) is 23.7 Å². The summed E-state index contributed by atoms with van der Waals surface area (Å²) in [7, 11) is 1.65. The molecule has 154 valence electrons. The van der Waals surface area contributed by atoms with Gasteiger partial charge in [-0.3, -0.25) is 4.79 Å². The number of rotatable bonds is 8. The van der Waals surface area contributed by atoms with Gasteiger partial charge in [-0.25, -0.2) is 4.39 Å². The van der Waals surface area contributed by atoms with Crippen molar-refractivity contribution in [2.75, 3.05) is 12.4 Å². The predicted octanol–water partition coefficient (Wildman–Crippen LogP) is 4.86. The second-order valence-electron chi connectivity index (χ2n) is 7.60. The Bertz CT molecular complexity index is 1000. The second-order valence-corrected chi connectivity index (χ2v) is 7.60. The first-order valence-electron chi connectivity index (χ1n) is 10.2. The van der Waals surface area contributed by atoms with Gasteiger partial charge in [-0.2, -0.15) is 0 Å². The maximum absolute atomic E-state index is 13.4. The molecule has 0 radical (unpaired) electrons. The SMILES string of the molecule is COc1ccc(N[C@H](C(=O)NC2CC2)c2ccc(F)cc2)cc1Cc1ccccc1. The molecule has 3 aromatic carbocycles. The maximum atomic E-state index is 13.4. The van der Waals surface area contributed by atoms with Gasteiger partial charge in [-0.05, 0) is 54.3 Å². The number of carbonyl (C=O) groups is 1. The Morgan fingerprint density at radius 2 is 1.80 bits per heavy atom. The van der Waals surface area contributed by atoms with Crippen molar-refractivity contribution >= 4 is 11.6 Å². The molecule has 1 saturated carbocycles. The number of hydrogen-bond donors (Lipinski definition) is 2. The third-order valence-corrected chi connectivity index (χ3v) is 5.22. The molecule has 2 N–H and O–H groups in total. The minimum atomic E-state index is -0.607. The van der Waals surface area contributed by atoms with Crippen LogP contribution in [0.5, 0.6) is 5.75 Å². The van der Waals surface area contributed by atoms with Crippen LogP contribution < -0.4 is 15.4 Å². The lowest BCUT2D eigenvalue weighted by Gasteiger charge is -2.21. The summed E-state index contributed by atoms with van der Waals surface area (Å²) < 4.78 is 18.9. The van der Waals surface area contributed by atoms with Crippen LogP contribution in [-0.4, -0.2) is 19.1 Å². The van der Waals surface area contributed by atoms with Crippen molar-refractivity contribution in [1.82, 2.24) is 5.32 Å². The van der Waals surface area contributed by atoms with Crippen LogP contribution in [0.15, 0.2) is 72.8 Å². The van der Waals surface area contributed by atoms with Crippen LogP contribution in [0, 0.1) is 5.82 Å². The van der Waals surface area contributed by atoms with Crippen LogP contribution in [0.2, 0.25) is 0 Å². The summed E-state index contributed by atoms with van der Waals surface area (Å²) in [6.45, 7) is 0. The van der Waals surface area contributed by atoms with E-state index in [1.54, 1.807) is 19.2 Å². The lowest BCUT2D eigenvalue weighted by molar-refractivity contribution is -0.122. The van der Waals surface area contributed by atoms with E-state index < -0.39 is 6.04 Å². The molecule has 3 aromatic rings. The normalized spacial score (nSPS) is 14.1. The van der Waals surface area contributed by atoms with Crippen molar-refractivity contribution in [3.8, 4) is 5.75 Å². The highest BCUT2D eigenvalue weighted by molar-refractivity contribution is 5.86. The van der Waals surface area contributed by atoms with Gasteiger partial charge in [0.15, 0.2) is 0 Å². The standard InChI is InChI=1S/C25H25FN2O2/c1-30-23-14-13-22(16-19(23)15-17-5-3-2-4-6-17)27-24(25(29)28-21-11-12-21)18-7-9-20(26)10-8-18/h2-10,13-14,16,21,24,27H,11-12,15H2,1H3,(H,28,29)/t24-/m0/s1. The number of halogens is 1. The third kappa shape index (κ3) is 4.98. The van der Waals surface area contributed by atoms with Gasteiger partial charge >= 0.3 is 0 Å². The van der Waals surface area contributed by atoms with E-state index in [2.05, 4.69) is 22.8 Å². The lowest BCUT2D eigenvalue weighted by Crippen LogP contribution is -2.34. The van der Waals surface area contributed by atoms with Crippen molar-refractivity contribution in [3.63, 3.8) is 0 Å². The number of amides is 1. The summed E-state index contributed by atoms with van der Waals surface area (Å²) in [5, 5.41) is 6.38. The van der Waals surface area contributed by atoms with Crippen molar-refractivity contribution in [2.45, 2.75) is 31.3 Å². The third-order valence-electron chi connectivity index (χ3n) is 5.22. The molecule has 1 fully saturated rings. The molecule has 1 amide bonds. The first kappa shape index (κ1) is 20.0. The summed E-state index contributed by atoms with van der Waals surface area (Å²) in [4.78, 5) is 12.9. The average Bonchev–Trinajstić information content (AvgIpc) is 3.58. The molecule has 0 heterocycles. The van der Waals surface area contributed by atoms with E-state index >= 15 is 0 Å². The number of hydrogen-bond acceptors (Lipinski definition) is 3. The molecule has 5 heteroatoms. The highest BCUT2D eigenvalue weighted by atomic mass is 19.1. The lowest BCUT2D eigenvalue weighted by atomic mass is 10.0. The number of methoxy groups -OCH3 is 1. The van der Waals surface area contributed by atoms with Gasteiger partial charge < -0.3 is 15.4 Å². The van der Waals surface area contributed by atoms with Gasteiger partial charge in [-0.15, -0.1) is 0 Å². The molecule has 1 aliphatic carbocycles. The van der Waals surface area contributed by atoms with Crippen molar-refractivity contribution in [2.24, 2.45) is 0 Å². The minimum Gasteiger partial charge on any atom is -0.496 e. The van der Waals surface area contributed by atoms with Gasteiger partial charge in [0.1, 0.15) is 17.6 Å². The molecule has 0 aromatic heterocycles. The second kappa shape index (κ2) is 8.99. The molecule has 1 aliphatic rings. The van der Waals surface area contributed by atoms with E-state index in [0.717, 1.165) is 41.8 Å². The molecule has 1 atom stereocenters. The molecule has 0 aliphatic heterocycles. The molecule has 4 rings (SSSR count). The zero-order valence-corrected chi connectivity index (χ0v) is 16.9. The largest absolute Gasteiger partial charge is 0.496 e. The topological polar surface area (TPSA) is 50.4 Å². The summed E-state index contributed by atoms with van der Waals surface area (Å²) >= 11 is 0. The van der Waals surface area contributed by atoms with Crippen LogP contribution in [0.25, 0.3) is 0 Å². The number of carbonyl (C=O) groups excluding carboxylic acids is 1. The smallest absolute Gasteiger partial charge is 0.247 e. The van der Waals surface area contributed by atoms with E-state index in [1.807, 2.05) is 36.4 Å². The van der Waals surface area contributed by atoms with Gasteiger partial charge in [0.2, 0.25) is 5.91 Å². The first-order valence-corrected chi connectivity index (χ1v) is 10.2. The molecule has 4 nitrogen and oxygen atoms in total. The Balaban J connectivity index is 1.60. The molecule has 0 saturated heterocycles. The quantitative estimate of drug-likeness (QED) is 0.564. The van der Waals surface area contributed by atoms with Crippen LogP contribution in [0.1, 0.15) is 35.6 Å². The molecular formula is C25H25FN2O2. The van der Waals surface area contributed by atoms with Crippen LogP contribution in [-0.2, 0) is 11.2 Å². The fourth-order valence-corrected chi connectivity index (χ4v) is 3.46. The fraction of sp³-hybridized carbons (Fsp3) is 0.240. The van der Waals surface area contributed by atoms with Crippen molar-refractivity contribution in [1.29, 1.82) is 0 Å². The molecular weight excluding hydrogens is 379 g/mol. The first-order chi connectivity index (χ1) is 14.6. The number of benzene rings is 3. The fourth-order valence-electron chi connectivity index (χ4n) is 3.46. The summed E-state index contributed by atoms with van der Waals surface area (Å²) in [6.07, 6.45) is 2.73. The molecule has 0 bridgehead atoms. The maximum Gasteiger partial charge on any atom is 0.247 e. The van der Waals surface area contributed by atoms with Gasteiger partial charge in [-0.1, -0.05) is 42.5 Å². The van der Waals surface area contributed by atoms with Crippen LogP contribution in [0.4, 0.5) is 10.1 Å². The van der Waals surface area contributed by atoms with E-state index in [1.165, 1.54) is 17.7 Å². The highest BCUT2D eigenvalue weighted by Gasteiger charge is 2.28. The van der Waals surface area contributed by atoms with Gasteiger partial charge in [0.25, 0.3) is 0 Å². The Morgan fingerprint density at radius 3 is 2.47 bits per heavy atom. The van der Waals surface area contributed by atoms with E-state index in [-0.39, 0.29) is 17.8 Å². The highest BCUT2D eigenvalue weighted by Crippen LogP contribution is 2.29. The van der Waals surface area contributed by atoms with Gasteiger partial charge in [0.05, 0.1) is 7.11 Å². The van der Waals surface area contributed by atoms with E-state index in [9.17, 15) is 9.18 Å². The van der Waals surface area contributed by atoms with E-state index in [4.69, 9.17) is 4.74 Å². The number of anilines is 1. The average molecular weight is 404 g/mol. The van der Waals surface area contributed by atoms with Crippen molar-refractivity contribution < 1.29 is 13.9 Å². The number of ether oxygens (including phenoxy) is 1. The molecule has 30 heavy (non-hydrogen) atoms. The number of nitrogens with one attached hydrogen (secondary N) is 2. The van der Waals surface area contributed by atoms with Crippen LogP contribution >= 0.6 is 0 Å². The van der Waals surface area contributed by atoms with E-state index in [0.29, 0.717) is 0 Å². The molecule has 0 spiro atoms. The zero-order chi connectivity index (χ0) is 20.9. The summed E-state index contributed by atoms with van der Waals surface area (Å²) in [5.74, 6) is 0.365. The Labute approximate surface area is 176 Å². The molecule has 0 unspecified atom stereocenters. The van der Waals surface area contributed by atoms with Crippen molar-refractivity contribution in [3.05, 3.63) is 95.3 Å². The summed E-state index contributed by atoms with van der Waals surface area (Å²) in [5.41, 5.74) is 3.72.